The van der Waals surface area contributed by atoms with Crippen molar-refractivity contribution < 1.29 is 15.0 Å². The molecule has 0 spiro atoms. The summed E-state index contributed by atoms with van der Waals surface area (Å²) in [4.78, 5) is 18.4. The third-order valence-corrected chi connectivity index (χ3v) is 6.16. The lowest BCUT2D eigenvalue weighted by Gasteiger charge is -2.33. The minimum absolute atomic E-state index is 0.130. The molecule has 1 aliphatic carbocycles. The van der Waals surface area contributed by atoms with Crippen molar-refractivity contribution >= 4 is 17.4 Å². The van der Waals surface area contributed by atoms with Crippen LogP contribution in [0.25, 0.3) is 5.65 Å². The third-order valence-electron chi connectivity index (χ3n) is 6.16. The maximum Gasteiger partial charge on any atom is 0.341 e. The van der Waals surface area contributed by atoms with Crippen LogP contribution in [0.4, 0.5) is 5.82 Å². The van der Waals surface area contributed by atoms with Gasteiger partial charge in [-0.2, -0.15) is 5.10 Å². The zero-order chi connectivity index (χ0) is 18.8. The summed E-state index contributed by atoms with van der Waals surface area (Å²) in [5, 5.41) is 23.9. The Morgan fingerprint density at radius 3 is 2.74 bits per heavy atom. The SMILES string of the molecule is O=C(O)c1cnn2ccc(N3CCCC3C3CCCCCCC(O)C3)nc12. The van der Waals surface area contributed by atoms with E-state index in [2.05, 4.69) is 15.0 Å². The van der Waals surface area contributed by atoms with Crippen molar-refractivity contribution in [2.75, 3.05) is 11.4 Å². The fraction of sp³-hybridized carbons (Fsp3) is 0.650. The number of hydrogen-bond acceptors (Lipinski definition) is 5. The van der Waals surface area contributed by atoms with E-state index in [9.17, 15) is 15.0 Å². The molecule has 7 heteroatoms. The highest BCUT2D eigenvalue weighted by molar-refractivity contribution is 5.94. The Morgan fingerprint density at radius 2 is 1.93 bits per heavy atom. The van der Waals surface area contributed by atoms with E-state index in [0.717, 1.165) is 50.9 Å². The molecule has 1 aliphatic heterocycles. The maximum absolute atomic E-state index is 11.4. The molecular formula is C20H28N4O3. The fourth-order valence-electron chi connectivity index (χ4n) is 4.81. The smallest absolute Gasteiger partial charge is 0.341 e. The molecule has 4 rings (SSSR count). The van der Waals surface area contributed by atoms with E-state index < -0.39 is 5.97 Å². The van der Waals surface area contributed by atoms with E-state index in [1.165, 1.54) is 30.0 Å². The third kappa shape index (κ3) is 3.78. The first-order valence-corrected chi connectivity index (χ1v) is 10.2. The molecule has 146 valence electrons. The van der Waals surface area contributed by atoms with Crippen molar-refractivity contribution in [2.24, 2.45) is 5.92 Å². The molecule has 27 heavy (non-hydrogen) atoms. The Morgan fingerprint density at radius 1 is 1.11 bits per heavy atom. The van der Waals surface area contributed by atoms with Gasteiger partial charge in [0.25, 0.3) is 0 Å². The summed E-state index contributed by atoms with van der Waals surface area (Å²) < 4.78 is 1.52. The van der Waals surface area contributed by atoms with Crippen molar-refractivity contribution in [2.45, 2.75) is 69.9 Å². The highest BCUT2D eigenvalue weighted by Crippen LogP contribution is 2.35. The van der Waals surface area contributed by atoms with Crippen LogP contribution in [-0.4, -0.2) is 49.5 Å². The Bertz CT molecular complexity index is 806. The fourth-order valence-corrected chi connectivity index (χ4v) is 4.81. The maximum atomic E-state index is 11.4. The quantitative estimate of drug-likeness (QED) is 0.860. The van der Waals surface area contributed by atoms with Gasteiger partial charge in [-0.3, -0.25) is 0 Å². The van der Waals surface area contributed by atoms with E-state index in [1.807, 2.05) is 6.07 Å². The average molecular weight is 372 g/mol. The Labute approximate surface area is 159 Å². The van der Waals surface area contributed by atoms with Crippen LogP contribution in [0.3, 0.4) is 0 Å². The van der Waals surface area contributed by atoms with Gasteiger partial charge in [0.1, 0.15) is 11.4 Å². The van der Waals surface area contributed by atoms with E-state index in [1.54, 1.807) is 6.20 Å². The molecule has 1 saturated carbocycles. The minimum Gasteiger partial charge on any atom is -0.477 e. The molecule has 2 aromatic rings. The number of carbonyl (C=O) groups is 1. The molecule has 3 heterocycles. The first-order chi connectivity index (χ1) is 13.1. The number of fused-ring (bicyclic) bond motifs is 1. The van der Waals surface area contributed by atoms with Gasteiger partial charge in [-0.1, -0.05) is 25.7 Å². The standard InChI is InChI=1S/C20H28N4O3/c25-15-7-4-2-1-3-6-14(12-15)17-8-5-10-23(17)18-9-11-24-19(22-18)16(13-21-24)20(26)27/h9,11,13-15,17,25H,1-8,10,12H2,(H,26,27). The van der Waals surface area contributed by atoms with Crippen LogP contribution < -0.4 is 4.90 Å². The van der Waals surface area contributed by atoms with Gasteiger partial charge in [0.05, 0.1) is 12.3 Å². The van der Waals surface area contributed by atoms with Gasteiger partial charge in [0.15, 0.2) is 5.65 Å². The van der Waals surface area contributed by atoms with Crippen molar-refractivity contribution in [3.05, 3.63) is 24.0 Å². The predicted octanol–water partition coefficient (Wildman–Crippen LogP) is 3.12. The van der Waals surface area contributed by atoms with Gasteiger partial charge in [-0.05, 0) is 44.1 Å². The largest absolute Gasteiger partial charge is 0.477 e. The number of aliphatic hydroxyl groups is 1. The van der Waals surface area contributed by atoms with Gasteiger partial charge in [0.2, 0.25) is 0 Å². The minimum atomic E-state index is -1.01. The normalized spacial score (nSPS) is 27.3. The summed E-state index contributed by atoms with van der Waals surface area (Å²) in [6.07, 6.45) is 12.9. The molecule has 1 saturated heterocycles. The molecular weight excluding hydrogens is 344 g/mol. The van der Waals surface area contributed by atoms with E-state index in [-0.39, 0.29) is 11.7 Å². The Hall–Kier alpha value is -2.15. The summed E-state index contributed by atoms with van der Waals surface area (Å²) in [6.45, 7) is 0.928. The number of hydrogen-bond donors (Lipinski definition) is 2. The predicted molar refractivity (Wildman–Crippen MR) is 102 cm³/mol. The number of anilines is 1. The highest BCUT2D eigenvalue weighted by Gasteiger charge is 2.34. The summed E-state index contributed by atoms with van der Waals surface area (Å²) in [7, 11) is 0. The number of aliphatic hydroxyl groups excluding tert-OH is 1. The zero-order valence-electron chi connectivity index (χ0n) is 15.6. The topological polar surface area (TPSA) is 91.0 Å². The van der Waals surface area contributed by atoms with Gasteiger partial charge >= 0.3 is 5.97 Å². The van der Waals surface area contributed by atoms with Crippen LogP contribution >= 0.6 is 0 Å². The second-order valence-corrected chi connectivity index (χ2v) is 7.96. The summed E-state index contributed by atoms with van der Waals surface area (Å²) in [5.41, 5.74) is 0.519. The molecule has 0 amide bonds. The molecule has 0 radical (unpaired) electrons. The van der Waals surface area contributed by atoms with Gasteiger partial charge < -0.3 is 15.1 Å². The molecule has 2 N–H and O–H groups in total. The first kappa shape index (κ1) is 18.2. The summed E-state index contributed by atoms with van der Waals surface area (Å²) in [5.74, 6) is 0.275. The van der Waals surface area contributed by atoms with Crippen molar-refractivity contribution in [3.8, 4) is 0 Å². The van der Waals surface area contributed by atoms with Gasteiger partial charge in [-0.25, -0.2) is 14.3 Å². The molecule has 3 atom stereocenters. The van der Waals surface area contributed by atoms with E-state index >= 15 is 0 Å². The molecule has 0 bridgehead atoms. The van der Waals surface area contributed by atoms with Crippen LogP contribution in [0.15, 0.2) is 18.5 Å². The molecule has 3 unspecified atom stereocenters. The monoisotopic (exact) mass is 372 g/mol. The number of nitrogens with zero attached hydrogens (tertiary/aromatic N) is 4. The van der Waals surface area contributed by atoms with E-state index in [4.69, 9.17) is 0 Å². The van der Waals surface area contributed by atoms with Crippen molar-refractivity contribution in [3.63, 3.8) is 0 Å². The number of carboxylic acid groups (broad SMARTS) is 1. The van der Waals surface area contributed by atoms with Crippen LogP contribution in [-0.2, 0) is 0 Å². The Balaban J connectivity index is 1.61. The lowest BCUT2D eigenvalue weighted by molar-refractivity contribution is 0.0698. The Kier molecular flexibility index (Phi) is 5.29. The van der Waals surface area contributed by atoms with E-state index in [0.29, 0.717) is 17.6 Å². The van der Waals surface area contributed by atoms with Crippen LogP contribution in [0.5, 0.6) is 0 Å². The van der Waals surface area contributed by atoms with Gasteiger partial charge in [-0.15, -0.1) is 0 Å². The molecule has 0 aromatic carbocycles. The molecule has 2 aliphatic rings. The zero-order valence-corrected chi connectivity index (χ0v) is 15.6. The number of aromatic nitrogens is 3. The molecule has 2 aromatic heterocycles. The van der Waals surface area contributed by atoms with Crippen LogP contribution in [0.1, 0.15) is 68.1 Å². The highest BCUT2D eigenvalue weighted by atomic mass is 16.4. The van der Waals surface area contributed by atoms with Crippen LogP contribution in [0.2, 0.25) is 0 Å². The lowest BCUT2D eigenvalue weighted by atomic mass is 9.87. The summed E-state index contributed by atoms with van der Waals surface area (Å²) in [6, 6.07) is 2.29. The first-order valence-electron chi connectivity index (χ1n) is 10.2. The van der Waals surface area contributed by atoms with Crippen LogP contribution in [0, 0.1) is 5.92 Å². The molecule has 2 fully saturated rings. The number of rotatable bonds is 3. The molecule has 7 nitrogen and oxygen atoms in total. The second-order valence-electron chi connectivity index (χ2n) is 7.96. The van der Waals surface area contributed by atoms with Crippen molar-refractivity contribution in [1.82, 2.24) is 14.6 Å². The second kappa shape index (κ2) is 7.84. The van der Waals surface area contributed by atoms with Crippen molar-refractivity contribution in [1.29, 1.82) is 0 Å². The number of carboxylic acids is 1. The van der Waals surface area contributed by atoms with Gasteiger partial charge in [0, 0.05) is 18.8 Å². The summed E-state index contributed by atoms with van der Waals surface area (Å²) >= 11 is 0. The lowest BCUT2D eigenvalue weighted by Crippen LogP contribution is -2.37. The number of aromatic carboxylic acids is 1. The average Bonchev–Trinajstić information content (AvgIpc) is 3.30.